The molecule has 1 aliphatic heterocycles. The van der Waals surface area contributed by atoms with Gasteiger partial charge in [-0.1, -0.05) is 0 Å². The van der Waals surface area contributed by atoms with E-state index in [0.717, 1.165) is 5.52 Å². The van der Waals surface area contributed by atoms with Crippen LogP contribution in [-0.2, 0) is 4.79 Å². The first-order chi connectivity index (χ1) is 9.24. The first-order valence-corrected chi connectivity index (χ1v) is 6.10. The highest BCUT2D eigenvalue weighted by molar-refractivity contribution is 5.97. The quantitative estimate of drug-likeness (QED) is 0.749. The lowest BCUT2D eigenvalue weighted by Gasteiger charge is -2.19. The second kappa shape index (κ2) is 4.68. The average Bonchev–Trinajstić information content (AvgIpc) is 2.78. The molecule has 7 nitrogen and oxygen atoms in total. The normalized spacial score (nSPS) is 16.2. The fourth-order valence-corrected chi connectivity index (χ4v) is 2.13. The maximum Gasteiger partial charge on any atom is 0.254 e. The number of benzene rings is 1. The van der Waals surface area contributed by atoms with Crippen LogP contribution in [0.1, 0.15) is 16.8 Å². The Balaban J connectivity index is 1.83. The Hall–Kier alpha value is -2.44. The van der Waals surface area contributed by atoms with Crippen LogP contribution in [0, 0.1) is 0 Å². The second-order valence-corrected chi connectivity index (χ2v) is 4.42. The zero-order valence-corrected chi connectivity index (χ0v) is 10.2. The highest BCUT2D eigenvalue weighted by atomic mass is 16.2. The molecule has 2 aromatic rings. The van der Waals surface area contributed by atoms with Crippen molar-refractivity contribution in [2.45, 2.75) is 6.42 Å². The lowest BCUT2D eigenvalue weighted by atomic mass is 10.1. The number of fused-ring (bicyclic) bond motifs is 1. The predicted molar refractivity (Wildman–Crippen MR) is 67.4 cm³/mol. The molecule has 1 fully saturated rings. The van der Waals surface area contributed by atoms with Gasteiger partial charge in [0.1, 0.15) is 11.0 Å². The Bertz CT molecular complexity index is 636. The Morgan fingerprint density at radius 1 is 1.21 bits per heavy atom. The number of carbonyl (C=O) groups excluding carboxylic acids is 2. The summed E-state index contributed by atoms with van der Waals surface area (Å²) in [6, 6.07) is 5.20. The number of aromatic amines is 1. The lowest BCUT2D eigenvalue weighted by molar-refractivity contribution is -0.120. The van der Waals surface area contributed by atoms with Crippen LogP contribution in [-0.4, -0.2) is 51.8 Å². The van der Waals surface area contributed by atoms with Crippen molar-refractivity contribution in [3.05, 3.63) is 23.8 Å². The van der Waals surface area contributed by atoms with Crippen LogP contribution in [0.2, 0.25) is 0 Å². The largest absolute Gasteiger partial charge is 0.354 e. The number of hydrogen-bond donors (Lipinski definition) is 2. The molecule has 0 aliphatic carbocycles. The van der Waals surface area contributed by atoms with E-state index in [-0.39, 0.29) is 11.8 Å². The number of H-pyrrole nitrogens is 1. The van der Waals surface area contributed by atoms with Crippen molar-refractivity contribution in [2.24, 2.45) is 0 Å². The summed E-state index contributed by atoms with van der Waals surface area (Å²) in [6.45, 7) is 1.47. The molecule has 0 bridgehead atoms. The monoisotopic (exact) mass is 259 g/mol. The van der Waals surface area contributed by atoms with Crippen molar-refractivity contribution in [3.63, 3.8) is 0 Å². The van der Waals surface area contributed by atoms with Crippen LogP contribution in [0.15, 0.2) is 18.2 Å². The number of carbonyl (C=O) groups is 2. The lowest BCUT2D eigenvalue weighted by Crippen LogP contribution is -2.34. The smallest absolute Gasteiger partial charge is 0.254 e. The zero-order valence-electron chi connectivity index (χ0n) is 10.2. The SMILES string of the molecule is O=C1CCN(C(=O)c2ccc3n[nH]nc3c2)CCN1. The van der Waals surface area contributed by atoms with Gasteiger partial charge in [-0.25, -0.2) is 0 Å². The van der Waals surface area contributed by atoms with Crippen molar-refractivity contribution in [2.75, 3.05) is 19.6 Å². The minimum atomic E-state index is -0.0820. The minimum Gasteiger partial charge on any atom is -0.354 e. The summed E-state index contributed by atoms with van der Waals surface area (Å²) in [6.07, 6.45) is 0.345. The van der Waals surface area contributed by atoms with Crippen LogP contribution in [0.4, 0.5) is 0 Å². The zero-order chi connectivity index (χ0) is 13.2. The molecule has 2 amide bonds. The van der Waals surface area contributed by atoms with Gasteiger partial charge in [0.25, 0.3) is 5.91 Å². The van der Waals surface area contributed by atoms with E-state index in [1.54, 1.807) is 23.1 Å². The van der Waals surface area contributed by atoms with Gasteiger partial charge in [-0.3, -0.25) is 9.59 Å². The van der Waals surface area contributed by atoms with Crippen LogP contribution in [0.5, 0.6) is 0 Å². The molecule has 19 heavy (non-hydrogen) atoms. The number of nitrogens with one attached hydrogen (secondary N) is 2. The standard InChI is InChI=1S/C12H13N5O2/c18-11-3-5-17(6-4-13-11)12(19)8-1-2-9-10(7-8)15-16-14-9/h1-2,7H,3-6H2,(H,13,18)(H,14,15,16). The second-order valence-electron chi connectivity index (χ2n) is 4.42. The van der Waals surface area contributed by atoms with E-state index in [1.165, 1.54) is 0 Å². The van der Waals surface area contributed by atoms with E-state index < -0.39 is 0 Å². The number of hydrogen-bond acceptors (Lipinski definition) is 4. The van der Waals surface area contributed by atoms with Gasteiger partial charge in [0.15, 0.2) is 0 Å². The molecule has 2 N–H and O–H groups in total. The Morgan fingerprint density at radius 2 is 2.05 bits per heavy atom. The Morgan fingerprint density at radius 3 is 2.95 bits per heavy atom. The van der Waals surface area contributed by atoms with Gasteiger partial charge < -0.3 is 10.2 Å². The molecule has 0 saturated carbocycles. The minimum absolute atomic E-state index is 0.0118. The van der Waals surface area contributed by atoms with E-state index in [9.17, 15) is 9.59 Å². The van der Waals surface area contributed by atoms with Crippen LogP contribution < -0.4 is 5.32 Å². The highest BCUT2D eigenvalue weighted by Gasteiger charge is 2.20. The maximum absolute atomic E-state index is 12.4. The Labute approximate surface area is 109 Å². The third kappa shape index (κ3) is 2.26. The van der Waals surface area contributed by atoms with Crippen molar-refractivity contribution in [3.8, 4) is 0 Å². The van der Waals surface area contributed by atoms with Crippen molar-refractivity contribution >= 4 is 22.8 Å². The first-order valence-electron chi connectivity index (χ1n) is 6.10. The van der Waals surface area contributed by atoms with Gasteiger partial charge in [-0.2, -0.15) is 15.4 Å². The number of nitrogens with zero attached hydrogens (tertiary/aromatic N) is 3. The first kappa shape index (κ1) is 11.6. The molecule has 1 saturated heterocycles. The third-order valence-electron chi connectivity index (χ3n) is 3.16. The average molecular weight is 259 g/mol. The maximum atomic E-state index is 12.4. The third-order valence-corrected chi connectivity index (χ3v) is 3.16. The molecule has 0 spiro atoms. The number of rotatable bonds is 1. The molecular formula is C12H13N5O2. The summed E-state index contributed by atoms with van der Waals surface area (Å²) in [5, 5.41) is 13.2. The summed E-state index contributed by atoms with van der Waals surface area (Å²) >= 11 is 0. The fourth-order valence-electron chi connectivity index (χ4n) is 2.13. The topological polar surface area (TPSA) is 91.0 Å². The van der Waals surface area contributed by atoms with Crippen molar-refractivity contribution in [1.29, 1.82) is 0 Å². The summed E-state index contributed by atoms with van der Waals surface area (Å²) in [7, 11) is 0. The van der Waals surface area contributed by atoms with Crippen LogP contribution in [0.3, 0.4) is 0 Å². The number of aromatic nitrogens is 3. The molecular weight excluding hydrogens is 246 g/mol. The summed E-state index contributed by atoms with van der Waals surface area (Å²) in [5.74, 6) is -0.0938. The molecule has 0 atom stereocenters. The Kier molecular flexibility index (Phi) is 2.86. The van der Waals surface area contributed by atoms with Gasteiger partial charge in [0.05, 0.1) is 0 Å². The molecule has 1 aromatic heterocycles. The molecule has 7 heteroatoms. The fraction of sp³-hybridized carbons (Fsp3) is 0.333. The highest BCUT2D eigenvalue weighted by Crippen LogP contribution is 2.13. The molecule has 1 aromatic carbocycles. The van der Waals surface area contributed by atoms with E-state index in [2.05, 4.69) is 20.7 Å². The summed E-state index contributed by atoms with van der Waals surface area (Å²) in [4.78, 5) is 25.3. The van der Waals surface area contributed by atoms with Gasteiger partial charge in [0.2, 0.25) is 5.91 Å². The van der Waals surface area contributed by atoms with Crippen LogP contribution >= 0.6 is 0 Å². The van der Waals surface area contributed by atoms with Crippen molar-refractivity contribution < 1.29 is 9.59 Å². The van der Waals surface area contributed by atoms with E-state index in [4.69, 9.17) is 0 Å². The van der Waals surface area contributed by atoms with Gasteiger partial charge in [-0.05, 0) is 18.2 Å². The van der Waals surface area contributed by atoms with E-state index in [0.29, 0.717) is 37.1 Å². The van der Waals surface area contributed by atoms with Gasteiger partial charge in [-0.15, -0.1) is 0 Å². The predicted octanol–water partition coefficient (Wildman–Crippen LogP) is -0.0800. The van der Waals surface area contributed by atoms with Gasteiger partial charge >= 0.3 is 0 Å². The molecule has 0 radical (unpaired) electrons. The molecule has 1 aliphatic rings. The summed E-state index contributed by atoms with van der Waals surface area (Å²) in [5.41, 5.74) is 1.95. The molecule has 2 heterocycles. The summed E-state index contributed by atoms with van der Waals surface area (Å²) < 4.78 is 0. The number of amides is 2. The van der Waals surface area contributed by atoms with E-state index in [1.807, 2.05) is 0 Å². The van der Waals surface area contributed by atoms with Crippen LogP contribution in [0.25, 0.3) is 11.0 Å². The van der Waals surface area contributed by atoms with Gasteiger partial charge in [0, 0.05) is 31.6 Å². The van der Waals surface area contributed by atoms with Crippen molar-refractivity contribution in [1.82, 2.24) is 25.6 Å². The van der Waals surface area contributed by atoms with E-state index >= 15 is 0 Å². The molecule has 0 unspecified atom stereocenters. The molecule has 98 valence electrons. The molecule has 3 rings (SSSR count).